The second-order valence-electron chi connectivity index (χ2n) is 5.65. The average Bonchev–Trinajstić information content (AvgIpc) is 3.16. The molecule has 0 unspecified atom stereocenters. The molecule has 1 heterocycles. The average molecular weight is 396 g/mol. The number of hydrogen-bond donors (Lipinski definition) is 1. The van der Waals surface area contributed by atoms with Gasteiger partial charge in [0.15, 0.2) is 0 Å². The number of fused-ring (bicyclic) bond motifs is 1. The Kier molecular flexibility index (Phi) is 6.04. The number of amides is 1. The quantitative estimate of drug-likeness (QED) is 0.564. The van der Waals surface area contributed by atoms with E-state index >= 15 is 0 Å². The monoisotopic (exact) mass is 395 g/mol. The van der Waals surface area contributed by atoms with Crippen molar-refractivity contribution in [3.8, 4) is 0 Å². The Hall–Kier alpha value is -1.50. The number of rotatable bonds is 6. The summed E-state index contributed by atoms with van der Waals surface area (Å²) in [6, 6.07) is 7.54. The summed E-state index contributed by atoms with van der Waals surface area (Å²) in [6.45, 7) is 0. The molecule has 0 bridgehead atoms. The van der Waals surface area contributed by atoms with E-state index in [0.717, 1.165) is 29.7 Å². The summed E-state index contributed by atoms with van der Waals surface area (Å²) >= 11 is 8.96. The number of thiophene rings is 1. The Morgan fingerprint density at radius 2 is 2.04 bits per heavy atom. The van der Waals surface area contributed by atoms with Gasteiger partial charge in [0.2, 0.25) is 5.91 Å². The lowest BCUT2D eigenvalue weighted by atomic mass is 10.1. The first-order chi connectivity index (χ1) is 12.1. The largest absolute Gasteiger partial charge is 0.465 e. The first kappa shape index (κ1) is 18.3. The summed E-state index contributed by atoms with van der Waals surface area (Å²) < 4.78 is 4.89. The fourth-order valence-electron chi connectivity index (χ4n) is 2.79. The number of anilines is 1. The predicted octanol–water partition coefficient (Wildman–Crippen LogP) is 4.80. The molecule has 0 saturated heterocycles. The Bertz CT molecular complexity index is 786. The van der Waals surface area contributed by atoms with Gasteiger partial charge in [-0.15, -0.1) is 23.1 Å². The summed E-state index contributed by atoms with van der Waals surface area (Å²) in [5.74, 6) is 0.198. The van der Waals surface area contributed by atoms with Gasteiger partial charge in [-0.2, -0.15) is 0 Å². The first-order valence-corrected chi connectivity index (χ1v) is 10.2. The molecule has 1 amide bonds. The second-order valence-corrected chi connectivity index (χ2v) is 8.36. The number of carbonyl (C=O) groups is 2. The lowest BCUT2D eigenvalue weighted by molar-refractivity contribution is -0.115. The summed E-state index contributed by atoms with van der Waals surface area (Å²) in [5.41, 5.74) is 1.58. The number of esters is 1. The highest BCUT2D eigenvalue weighted by molar-refractivity contribution is 7.99. The van der Waals surface area contributed by atoms with Gasteiger partial charge >= 0.3 is 5.97 Å². The van der Waals surface area contributed by atoms with Crippen molar-refractivity contribution < 1.29 is 14.3 Å². The molecule has 7 heteroatoms. The molecule has 1 aromatic carbocycles. The third-order valence-corrected chi connectivity index (χ3v) is 6.45. The molecule has 2 aromatic rings. The smallest absolute Gasteiger partial charge is 0.341 e. The van der Waals surface area contributed by atoms with Crippen LogP contribution >= 0.6 is 34.7 Å². The van der Waals surface area contributed by atoms with Crippen LogP contribution in [0.5, 0.6) is 0 Å². The van der Waals surface area contributed by atoms with Crippen LogP contribution in [0.15, 0.2) is 29.2 Å². The summed E-state index contributed by atoms with van der Waals surface area (Å²) in [7, 11) is 1.37. The Balaban J connectivity index is 1.59. The molecule has 0 atom stereocenters. The minimum Gasteiger partial charge on any atom is -0.465 e. The maximum absolute atomic E-state index is 12.3. The van der Waals surface area contributed by atoms with E-state index in [-0.39, 0.29) is 11.9 Å². The van der Waals surface area contributed by atoms with E-state index < -0.39 is 0 Å². The Labute approximate surface area is 159 Å². The van der Waals surface area contributed by atoms with Crippen LogP contribution in [0.3, 0.4) is 0 Å². The molecule has 1 aliphatic rings. The molecule has 0 saturated carbocycles. The predicted molar refractivity (Wildman–Crippen MR) is 103 cm³/mol. The van der Waals surface area contributed by atoms with Crippen molar-refractivity contribution in [3.63, 3.8) is 0 Å². The number of carbonyl (C=O) groups excluding carboxylic acids is 2. The van der Waals surface area contributed by atoms with Gasteiger partial charge in [0.25, 0.3) is 0 Å². The van der Waals surface area contributed by atoms with Crippen molar-refractivity contribution in [1.82, 2.24) is 0 Å². The zero-order valence-corrected chi connectivity index (χ0v) is 16.2. The van der Waals surface area contributed by atoms with Gasteiger partial charge in [-0.25, -0.2) is 4.79 Å². The summed E-state index contributed by atoms with van der Waals surface area (Å²) in [4.78, 5) is 26.6. The van der Waals surface area contributed by atoms with Crippen LogP contribution in [0, 0.1) is 0 Å². The number of thioether (sulfide) groups is 1. The molecule has 1 aliphatic carbocycles. The standard InChI is InChI=1S/C18H18ClNO3S2/c1-23-18(22)16-13-3-2-4-14(13)25-17(16)20-15(21)9-10-24-12-7-5-11(19)6-8-12/h5-8H,2-4,9-10H2,1H3,(H,20,21). The van der Waals surface area contributed by atoms with Crippen molar-refractivity contribution >= 4 is 51.6 Å². The molecule has 1 aromatic heterocycles. The molecule has 132 valence electrons. The molecule has 0 spiro atoms. The molecule has 3 rings (SSSR count). The van der Waals surface area contributed by atoms with E-state index in [4.69, 9.17) is 16.3 Å². The van der Waals surface area contributed by atoms with Crippen LogP contribution in [-0.2, 0) is 22.4 Å². The Morgan fingerprint density at radius 1 is 1.28 bits per heavy atom. The number of benzene rings is 1. The van der Waals surface area contributed by atoms with Gasteiger partial charge in [0.1, 0.15) is 5.00 Å². The number of hydrogen-bond acceptors (Lipinski definition) is 5. The zero-order chi connectivity index (χ0) is 17.8. The maximum Gasteiger partial charge on any atom is 0.341 e. The van der Waals surface area contributed by atoms with Gasteiger partial charge in [-0.3, -0.25) is 4.79 Å². The van der Waals surface area contributed by atoms with Gasteiger partial charge in [0.05, 0.1) is 12.7 Å². The van der Waals surface area contributed by atoms with Crippen molar-refractivity contribution in [2.45, 2.75) is 30.6 Å². The van der Waals surface area contributed by atoms with E-state index in [9.17, 15) is 9.59 Å². The third kappa shape index (κ3) is 4.37. The minimum atomic E-state index is -0.370. The van der Waals surface area contributed by atoms with E-state index in [0.29, 0.717) is 27.8 Å². The minimum absolute atomic E-state index is 0.0912. The number of halogens is 1. The molecule has 0 radical (unpaired) electrons. The van der Waals surface area contributed by atoms with Crippen molar-refractivity contribution in [1.29, 1.82) is 0 Å². The lowest BCUT2D eigenvalue weighted by Gasteiger charge is -2.07. The molecule has 0 fully saturated rings. The topological polar surface area (TPSA) is 55.4 Å². The highest BCUT2D eigenvalue weighted by Gasteiger charge is 2.27. The van der Waals surface area contributed by atoms with Gasteiger partial charge in [-0.05, 0) is 49.1 Å². The van der Waals surface area contributed by atoms with Gasteiger partial charge in [-0.1, -0.05) is 11.6 Å². The van der Waals surface area contributed by atoms with Crippen LogP contribution in [-0.4, -0.2) is 24.7 Å². The molecular formula is C18H18ClNO3S2. The van der Waals surface area contributed by atoms with Gasteiger partial charge < -0.3 is 10.1 Å². The molecule has 1 N–H and O–H groups in total. The van der Waals surface area contributed by atoms with Crippen LogP contribution in [0.4, 0.5) is 5.00 Å². The maximum atomic E-state index is 12.3. The van der Waals surface area contributed by atoms with E-state index in [1.165, 1.54) is 23.3 Å². The van der Waals surface area contributed by atoms with Crippen molar-refractivity contribution in [2.24, 2.45) is 0 Å². The number of nitrogens with one attached hydrogen (secondary N) is 1. The third-order valence-electron chi connectivity index (χ3n) is 3.98. The van der Waals surface area contributed by atoms with E-state index in [1.807, 2.05) is 24.3 Å². The van der Waals surface area contributed by atoms with Crippen molar-refractivity contribution in [2.75, 3.05) is 18.2 Å². The second kappa shape index (κ2) is 8.25. The van der Waals surface area contributed by atoms with Gasteiger partial charge in [0, 0.05) is 27.0 Å². The van der Waals surface area contributed by atoms with Crippen molar-refractivity contribution in [3.05, 3.63) is 45.3 Å². The van der Waals surface area contributed by atoms with Crippen LogP contribution in [0.1, 0.15) is 33.6 Å². The number of ether oxygens (including phenoxy) is 1. The Morgan fingerprint density at radius 3 is 2.76 bits per heavy atom. The number of methoxy groups -OCH3 is 1. The van der Waals surface area contributed by atoms with E-state index in [2.05, 4.69) is 5.32 Å². The molecule has 4 nitrogen and oxygen atoms in total. The fraction of sp³-hybridized carbons (Fsp3) is 0.333. The summed E-state index contributed by atoms with van der Waals surface area (Å²) in [5, 5.41) is 4.22. The van der Waals surface area contributed by atoms with Crippen LogP contribution in [0.2, 0.25) is 5.02 Å². The normalized spacial score (nSPS) is 12.7. The van der Waals surface area contributed by atoms with Crippen LogP contribution in [0.25, 0.3) is 0 Å². The highest BCUT2D eigenvalue weighted by atomic mass is 35.5. The zero-order valence-electron chi connectivity index (χ0n) is 13.8. The fourth-order valence-corrected chi connectivity index (χ4v) is 5.06. The number of aryl methyl sites for hydroxylation is 1. The highest BCUT2D eigenvalue weighted by Crippen LogP contribution is 2.39. The summed E-state index contributed by atoms with van der Waals surface area (Å²) in [6.07, 6.45) is 3.26. The lowest BCUT2D eigenvalue weighted by Crippen LogP contribution is -2.14. The van der Waals surface area contributed by atoms with E-state index in [1.54, 1.807) is 11.8 Å². The molecule has 0 aliphatic heterocycles. The molecule has 25 heavy (non-hydrogen) atoms. The molecular weight excluding hydrogens is 378 g/mol. The van der Waals surface area contributed by atoms with Crippen LogP contribution < -0.4 is 5.32 Å². The first-order valence-electron chi connectivity index (χ1n) is 7.99. The SMILES string of the molecule is COC(=O)c1c(NC(=O)CCSc2ccc(Cl)cc2)sc2c1CCC2.